The van der Waals surface area contributed by atoms with Gasteiger partial charge in [0, 0.05) is 37.3 Å². The molecule has 0 unspecified atom stereocenters. The molecular formula is C25H27N3O3. The average Bonchev–Trinajstić information content (AvgIpc) is 3.04. The maximum absolute atomic E-state index is 13.5. The van der Waals surface area contributed by atoms with Crippen molar-refractivity contribution in [2.24, 2.45) is 0 Å². The highest BCUT2D eigenvalue weighted by molar-refractivity contribution is 6.06. The Balaban J connectivity index is 1.55. The minimum absolute atomic E-state index is 0.00677. The Morgan fingerprint density at radius 1 is 0.871 bits per heavy atom. The summed E-state index contributed by atoms with van der Waals surface area (Å²) in [5.74, 6) is 0.499. The van der Waals surface area contributed by atoms with Crippen LogP contribution in [0.15, 0.2) is 48.5 Å². The molecule has 1 aliphatic rings. The minimum atomic E-state index is -0.0624. The lowest BCUT2D eigenvalue weighted by molar-refractivity contribution is 0.0717. The second kappa shape index (κ2) is 8.76. The van der Waals surface area contributed by atoms with Gasteiger partial charge in [-0.2, -0.15) is 0 Å². The summed E-state index contributed by atoms with van der Waals surface area (Å²) in [6.45, 7) is 6.13. The van der Waals surface area contributed by atoms with Gasteiger partial charge in [0.05, 0.1) is 23.8 Å². The molecule has 3 aromatic rings. The number of para-hydroxylation sites is 1. The Morgan fingerprint density at radius 2 is 1.55 bits per heavy atom. The topological polar surface area (TPSA) is 62.7 Å². The fourth-order valence-corrected chi connectivity index (χ4v) is 4.13. The summed E-state index contributed by atoms with van der Waals surface area (Å²) in [6, 6.07) is 15.1. The molecule has 6 heteroatoms. The molecule has 0 radical (unpaired) electrons. The second-order valence-corrected chi connectivity index (χ2v) is 7.97. The van der Waals surface area contributed by atoms with E-state index in [1.807, 2.05) is 60.0 Å². The van der Waals surface area contributed by atoms with Crippen molar-refractivity contribution in [2.75, 3.05) is 33.3 Å². The Kier molecular flexibility index (Phi) is 5.89. The molecule has 0 N–H and O–H groups in total. The van der Waals surface area contributed by atoms with E-state index < -0.39 is 0 Å². The molecule has 0 spiro atoms. The summed E-state index contributed by atoms with van der Waals surface area (Å²) in [4.78, 5) is 34.8. The first kappa shape index (κ1) is 20.8. The zero-order valence-corrected chi connectivity index (χ0v) is 18.2. The summed E-state index contributed by atoms with van der Waals surface area (Å²) in [5, 5.41) is 0.877. The van der Waals surface area contributed by atoms with Crippen LogP contribution in [0.3, 0.4) is 0 Å². The monoisotopic (exact) mass is 417 g/mol. The van der Waals surface area contributed by atoms with Crippen LogP contribution in [-0.4, -0.2) is 59.9 Å². The zero-order chi connectivity index (χ0) is 22.0. The van der Waals surface area contributed by atoms with Gasteiger partial charge in [-0.1, -0.05) is 23.8 Å². The molecule has 1 aromatic heterocycles. The summed E-state index contributed by atoms with van der Waals surface area (Å²) in [6.07, 6.45) is 0.730. The average molecular weight is 418 g/mol. The molecule has 160 valence electrons. The number of aromatic nitrogens is 1. The Hall–Kier alpha value is -3.41. The van der Waals surface area contributed by atoms with Crippen molar-refractivity contribution in [2.45, 2.75) is 20.3 Å². The lowest BCUT2D eigenvalue weighted by Crippen LogP contribution is -2.37. The van der Waals surface area contributed by atoms with E-state index >= 15 is 0 Å². The number of carbonyl (C=O) groups excluding carboxylic acids is 2. The number of carbonyl (C=O) groups is 2. The fourth-order valence-electron chi connectivity index (χ4n) is 4.13. The van der Waals surface area contributed by atoms with E-state index in [1.54, 1.807) is 19.2 Å². The number of aryl methyl sites for hydroxylation is 2. The number of hydrogen-bond donors (Lipinski definition) is 0. The van der Waals surface area contributed by atoms with Crippen molar-refractivity contribution < 1.29 is 14.3 Å². The Bertz CT molecular complexity index is 1140. The normalized spacial score (nSPS) is 14.4. The number of amides is 2. The third-order valence-corrected chi connectivity index (χ3v) is 5.73. The number of hydrogen-bond acceptors (Lipinski definition) is 4. The maximum atomic E-state index is 13.5. The summed E-state index contributed by atoms with van der Waals surface area (Å²) in [5.41, 5.74) is 3.97. The van der Waals surface area contributed by atoms with Gasteiger partial charge >= 0.3 is 0 Å². The fraction of sp³-hybridized carbons (Fsp3) is 0.320. The van der Waals surface area contributed by atoms with Crippen LogP contribution in [0.1, 0.15) is 38.4 Å². The van der Waals surface area contributed by atoms with Crippen LogP contribution in [-0.2, 0) is 0 Å². The molecule has 0 bridgehead atoms. The third-order valence-electron chi connectivity index (χ3n) is 5.73. The van der Waals surface area contributed by atoms with Crippen molar-refractivity contribution in [3.63, 3.8) is 0 Å². The van der Waals surface area contributed by atoms with E-state index in [9.17, 15) is 9.59 Å². The molecular weight excluding hydrogens is 390 g/mol. The van der Waals surface area contributed by atoms with Crippen LogP contribution in [0.2, 0.25) is 0 Å². The van der Waals surface area contributed by atoms with Crippen molar-refractivity contribution in [3.8, 4) is 5.75 Å². The maximum Gasteiger partial charge on any atom is 0.257 e. The van der Waals surface area contributed by atoms with E-state index in [1.165, 1.54) is 0 Å². The van der Waals surface area contributed by atoms with E-state index in [2.05, 4.69) is 4.98 Å². The van der Waals surface area contributed by atoms with Crippen molar-refractivity contribution in [1.82, 2.24) is 14.8 Å². The molecule has 2 heterocycles. The number of benzene rings is 2. The van der Waals surface area contributed by atoms with E-state index in [0.717, 1.165) is 28.6 Å². The highest BCUT2D eigenvalue weighted by Gasteiger charge is 2.26. The smallest absolute Gasteiger partial charge is 0.257 e. The Morgan fingerprint density at radius 3 is 2.26 bits per heavy atom. The molecule has 4 rings (SSSR count). The van der Waals surface area contributed by atoms with E-state index in [4.69, 9.17) is 4.74 Å². The molecule has 2 aromatic carbocycles. The first-order chi connectivity index (χ1) is 15.0. The van der Waals surface area contributed by atoms with Crippen molar-refractivity contribution in [1.29, 1.82) is 0 Å². The van der Waals surface area contributed by atoms with Gasteiger partial charge in [0.15, 0.2) is 0 Å². The quantitative estimate of drug-likeness (QED) is 0.649. The lowest BCUT2D eigenvalue weighted by atomic mass is 10.0. The highest BCUT2D eigenvalue weighted by Crippen LogP contribution is 2.23. The molecule has 1 fully saturated rings. The highest BCUT2D eigenvalue weighted by atomic mass is 16.5. The number of methoxy groups -OCH3 is 1. The van der Waals surface area contributed by atoms with Crippen LogP contribution in [0.4, 0.5) is 0 Å². The predicted molar refractivity (Wildman–Crippen MR) is 121 cm³/mol. The molecule has 6 nitrogen and oxygen atoms in total. The number of ether oxygens (including phenoxy) is 1. The molecule has 0 saturated carbocycles. The Labute approximate surface area is 182 Å². The molecule has 0 aliphatic carbocycles. The first-order valence-corrected chi connectivity index (χ1v) is 10.6. The zero-order valence-electron chi connectivity index (χ0n) is 18.2. The van der Waals surface area contributed by atoms with Crippen molar-refractivity contribution >= 4 is 22.7 Å². The summed E-state index contributed by atoms with van der Waals surface area (Å²) in [7, 11) is 1.57. The number of fused-ring (bicyclic) bond motifs is 1. The van der Waals surface area contributed by atoms with Gasteiger partial charge < -0.3 is 14.5 Å². The SMILES string of the molecule is COc1ccccc1C(=O)N1CCCN(C(=O)c2cc(C)nc3ccc(C)cc23)CC1. The number of rotatable bonds is 3. The van der Waals surface area contributed by atoms with Gasteiger partial charge in [0.1, 0.15) is 5.75 Å². The van der Waals surface area contributed by atoms with Crippen LogP contribution >= 0.6 is 0 Å². The van der Waals surface area contributed by atoms with Gasteiger partial charge in [-0.05, 0) is 50.6 Å². The van der Waals surface area contributed by atoms with Gasteiger partial charge in [-0.3, -0.25) is 14.6 Å². The molecule has 0 atom stereocenters. The molecule has 31 heavy (non-hydrogen) atoms. The largest absolute Gasteiger partial charge is 0.496 e. The van der Waals surface area contributed by atoms with Crippen LogP contribution in [0, 0.1) is 13.8 Å². The second-order valence-electron chi connectivity index (χ2n) is 7.97. The molecule has 1 saturated heterocycles. The van der Waals surface area contributed by atoms with Gasteiger partial charge in [-0.15, -0.1) is 0 Å². The van der Waals surface area contributed by atoms with Gasteiger partial charge in [-0.25, -0.2) is 0 Å². The minimum Gasteiger partial charge on any atom is -0.496 e. The predicted octanol–water partition coefficient (Wildman–Crippen LogP) is 3.85. The lowest BCUT2D eigenvalue weighted by Gasteiger charge is -2.23. The van der Waals surface area contributed by atoms with Gasteiger partial charge in [0.25, 0.3) is 11.8 Å². The number of pyridine rings is 1. The van der Waals surface area contributed by atoms with E-state index in [-0.39, 0.29) is 11.8 Å². The standard InChI is InChI=1S/C25H27N3O3/c1-17-9-10-22-20(15-17)21(16-18(2)26-22)25(30)28-12-6-11-27(13-14-28)24(29)19-7-4-5-8-23(19)31-3/h4-5,7-10,15-16H,6,11-14H2,1-3H3. The van der Waals surface area contributed by atoms with Crippen molar-refractivity contribution in [3.05, 3.63) is 70.9 Å². The van der Waals surface area contributed by atoms with Crippen LogP contribution in [0.5, 0.6) is 5.75 Å². The summed E-state index contributed by atoms with van der Waals surface area (Å²) >= 11 is 0. The van der Waals surface area contributed by atoms with Crippen LogP contribution < -0.4 is 4.74 Å². The summed E-state index contributed by atoms with van der Waals surface area (Å²) < 4.78 is 5.35. The van der Waals surface area contributed by atoms with Gasteiger partial charge in [0.2, 0.25) is 0 Å². The number of nitrogens with zero attached hydrogens (tertiary/aromatic N) is 3. The molecule has 1 aliphatic heterocycles. The third kappa shape index (κ3) is 4.24. The molecule has 2 amide bonds. The van der Waals surface area contributed by atoms with Crippen LogP contribution in [0.25, 0.3) is 10.9 Å². The first-order valence-electron chi connectivity index (χ1n) is 10.6. The van der Waals surface area contributed by atoms with E-state index in [0.29, 0.717) is 43.1 Å².